The van der Waals surface area contributed by atoms with E-state index in [-0.39, 0.29) is 24.8 Å². The normalized spacial score (nSPS) is 32.0. The van der Waals surface area contributed by atoms with Crippen molar-refractivity contribution in [3.05, 3.63) is 18.7 Å². The zero-order valence-electron chi connectivity index (χ0n) is 23.4. The maximum atomic E-state index is 6.26. The molecule has 14 heteroatoms. The maximum Gasteiger partial charge on any atom is 0.323 e. The number of hydrogen-bond acceptors (Lipinski definition) is 13. The number of ether oxygens (including phenoxy) is 7. The van der Waals surface area contributed by atoms with Crippen LogP contribution in [0.4, 0.5) is 11.9 Å². The number of rotatable bonds is 11. The molecule has 0 bridgehead atoms. The minimum Gasteiger partial charge on any atom is -0.460 e. The van der Waals surface area contributed by atoms with E-state index in [1.165, 1.54) is 0 Å². The first-order valence-corrected chi connectivity index (χ1v) is 14.0. The summed E-state index contributed by atoms with van der Waals surface area (Å²) in [6, 6.07) is 0.173. The number of nitrogens with zero attached hydrogens (tertiary/aromatic N) is 5. The van der Waals surface area contributed by atoms with E-state index in [1.54, 1.807) is 12.5 Å². The molecule has 0 spiro atoms. The summed E-state index contributed by atoms with van der Waals surface area (Å²) in [6.07, 6.45) is 6.30. The van der Waals surface area contributed by atoms with Crippen molar-refractivity contribution in [3.63, 3.8) is 0 Å². The Hall–Kier alpha value is -2.62. The van der Waals surface area contributed by atoms with Gasteiger partial charge in [-0.1, -0.05) is 0 Å². The highest BCUT2D eigenvalue weighted by molar-refractivity contribution is 5.36. The third-order valence-corrected chi connectivity index (χ3v) is 7.19. The molecule has 220 valence electrons. The lowest BCUT2D eigenvalue weighted by atomic mass is 9.99. The average Bonchev–Trinajstić information content (AvgIpc) is 3.70. The molecule has 1 unspecified atom stereocenters. The van der Waals surface area contributed by atoms with E-state index in [0.717, 1.165) is 32.4 Å². The van der Waals surface area contributed by atoms with Gasteiger partial charge in [-0.25, -0.2) is 4.98 Å². The Labute approximate surface area is 233 Å². The molecule has 2 aromatic heterocycles. The molecule has 4 fully saturated rings. The van der Waals surface area contributed by atoms with Crippen LogP contribution < -0.4 is 15.4 Å². The van der Waals surface area contributed by atoms with E-state index in [4.69, 9.17) is 33.2 Å². The first-order valence-electron chi connectivity index (χ1n) is 14.0. The second kappa shape index (κ2) is 11.3. The van der Waals surface area contributed by atoms with Crippen LogP contribution in [0.2, 0.25) is 0 Å². The topological polar surface area (TPSA) is 145 Å². The summed E-state index contributed by atoms with van der Waals surface area (Å²) >= 11 is 0. The zero-order chi connectivity index (χ0) is 27.7. The van der Waals surface area contributed by atoms with Crippen molar-refractivity contribution in [1.82, 2.24) is 24.5 Å². The number of nitrogens with one attached hydrogen (secondary N) is 2. The average molecular weight is 562 g/mol. The first-order chi connectivity index (χ1) is 19.2. The Bertz CT molecular complexity index is 1130. The van der Waals surface area contributed by atoms with Crippen molar-refractivity contribution in [2.24, 2.45) is 0 Å². The first kappa shape index (κ1) is 27.5. The zero-order valence-corrected chi connectivity index (χ0v) is 23.4. The van der Waals surface area contributed by atoms with Gasteiger partial charge in [0.05, 0.1) is 12.4 Å². The van der Waals surface area contributed by atoms with Gasteiger partial charge >= 0.3 is 6.01 Å². The molecule has 6 atom stereocenters. The lowest BCUT2D eigenvalue weighted by Crippen LogP contribution is -2.56. The van der Waals surface area contributed by atoms with Crippen molar-refractivity contribution >= 4 is 11.9 Å². The molecule has 0 amide bonds. The molecule has 0 aliphatic carbocycles. The van der Waals surface area contributed by atoms with E-state index in [2.05, 4.69) is 30.6 Å². The molecule has 14 nitrogen and oxygen atoms in total. The second-order valence-electron chi connectivity index (χ2n) is 11.4. The van der Waals surface area contributed by atoms with Gasteiger partial charge in [0.2, 0.25) is 11.9 Å². The highest BCUT2D eigenvalue weighted by atomic mass is 16.9. The standard InChI is InChI=1S/C26H39N7O7/c1-25(2)37-18-17(36-21-20(19(18)38-25)39-26(3,4)40-21)14-35-24-31-22(28-8-6-10-33-11-9-27-15-33)30-23(32-24)29-13-16-7-5-12-34-16/h9,11,15-21H,5-8,10,12-14H2,1-4H3,(H2,28,29,30,31,32)/t16?,17-,18+,19+,20-,21-/m1/s1. The minimum absolute atomic E-state index is 0.128. The minimum atomic E-state index is -0.790. The Morgan fingerprint density at radius 1 is 0.975 bits per heavy atom. The van der Waals surface area contributed by atoms with Gasteiger partial charge < -0.3 is 48.4 Å². The van der Waals surface area contributed by atoms with Crippen molar-refractivity contribution < 1.29 is 33.2 Å². The van der Waals surface area contributed by atoms with E-state index in [1.807, 2.05) is 38.5 Å². The third kappa shape index (κ3) is 6.47. The summed E-state index contributed by atoms with van der Waals surface area (Å²) in [5.74, 6) is -0.746. The fraction of sp³-hybridized carbons (Fsp3) is 0.769. The number of aromatic nitrogens is 5. The molecule has 4 saturated heterocycles. The quantitative estimate of drug-likeness (QED) is 0.386. The Morgan fingerprint density at radius 3 is 2.52 bits per heavy atom. The monoisotopic (exact) mass is 561 g/mol. The molecule has 40 heavy (non-hydrogen) atoms. The van der Waals surface area contributed by atoms with Crippen LogP contribution in [-0.4, -0.2) is 99.2 Å². The highest BCUT2D eigenvalue weighted by Crippen LogP contribution is 2.44. The van der Waals surface area contributed by atoms with Crippen LogP contribution in [0.1, 0.15) is 47.0 Å². The van der Waals surface area contributed by atoms with Gasteiger partial charge in [-0.2, -0.15) is 15.0 Å². The second-order valence-corrected chi connectivity index (χ2v) is 11.4. The molecular formula is C26H39N7O7. The molecule has 0 saturated carbocycles. The van der Waals surface area contributed by atoms with E-state index >= 15 is 0 Å². The van der Waals surface area contributed by atoms with E-state index in [0.29, 0.717) is 25.0 Å². The number of imidazole rings is 1. The summed E-state index contributed by atoms with van der Waals surface area (Å²) in [4.78, 5) is 17.6. The lowest BCUT2D eigenvalue weighted by Gasteiger charge is -2.36. The van der Waals surface area contributed by atoms with Crippen LogP contribution in [0.3, 0.4) is 0 Å². The largest absolute Gasteiger partial charge is 0.460 e. The van der Waals surface area contributed by atoms with Gasteiger partial charge in [-0.05, 0) is 47.0 Å². The Morgan fingerprint density at radius 2 is 1.75 bits per heavy atom. The molecular weight excluding hydrogens is 522 g/mol. The van der Waals surface area contributed by atoms with Crippen LogP contribution in [0, 0.1) is 0 Å². The Balaban J connectivity index is 1.12. The summed E-state index contributed by atoms with van der Waals surface area (Å²) in [5, 5.41) is 6.55. The molecule has 0 radical (unpaired) electrons. The van der Waals surface area contributed by atoms with Gasteiger partial charge in [0, 0.05) is 38.6 Å². The van der Waals surface area contributed by atoms with E-state index in [9.17, 15) is 0 Å². The van der Waals surface area contributed by atoms with Crippen molar-refractivity contribution in [3.8, 4) is 6.01 Å². The summed E-state index contributed by atoms with van der Waals surface area (Å²) in [6.45, 7) is 10.5. The van der Waals surface area contributed by atoms with E-state index < -0.39 is 36.2 Å². The van der Waals surface area contributed by atoms with Gasteiger partial charge in [0.15, 0.2) is 17.9 Å². The van der Waals surface area contributed by atoms with Crippen molar-refractivity contribution in [2.75, 3.05) is 36.9 Å². The van der Waals surface area contributed by atoms with Gasteiger partial charge in [0.25, 0.3) is 0 Å². The Kier molecular flexibility index (Phi) is 7.81. The number of hydrogen-bond donors (Lipinski definition) is 2. The molecule has 0 aromatic carbocycles. The molecule has 2 aromatic rings. The molecule has 6 rings (SSSR count). The predicted octanol–water partition coefficient (Wildman–Crippen LogP) is 1.94. The van der Waals surface area contributed by atoms with Crippen molar-refractivity contribution in [1.29, 1.82) is 0 Å². The molecule has 4 aliphatic heterocycles. The molecule has 2 N–H and O–H groups in total. The van der Waals surface area contributed by atoms with Crippen LogP contribution in [0.5, 0.6) is 6.01 Å². The maximum absolute atomic E-state index is 6.26. The smallest absolute Gasteiger partial charge is 0.323 e. The van der Waals surface area contributed by atoms with Gasteiger partial charge in [0.1, 0.15) is 31.0 Å². The van der Waals surface area contributed by atoms with Crippen molar-refractivity contribution in [2.45, 2.75) is 102 Å². The van der Waals surface area contributed by atoms with Crippen LogP contribution in [-0.2, 0) is 35.0 Å². The summed E-state index contributed by atoms with van der Waals surface area (Å²) < 4.78 is 44.6. The lowest BCUT2D eigenvalue weighted by molar-refractivity contribution is -0.238. The molecule has 4 aliphatic rings. The van der Waals surface area contributed by atoms with Crippen LogP contribution in [0.25, 0.3) is 0 Å². The van der Waals surface area contributed by atoms with Gasteiger partial charge in [-0.15, -0.1) is 0 Å². The summed E-state index contributed by atoms with van der Waals surface area (Å²) in [7, 11) is 0. The fourth-order valence-corrected chi connectivity index (χ4v) is 5.45. The molecule has 6 heterocycles. The fourth-order valence-electron chi connectivity index (χ4n) is 5.45. The number of fused-ring (bicyclic) bond motifs is 3. The summed E-state index contributed by atoms with van der Waals surface area (Å²) in [5.41, 5.74) is 0. The highest BCUT2D eigenvalue weighted by Gasteiger charge is 2.60. The number of aryl methyl sites for hydroxylation is 1. The number of anilines is 2. The third-order valence-electron chi connectivity index (χ3n) is 7.19. The van der Waals surface area contributed by atoms with Crippen LogP contribution in [0.15, 0.2) is 18.7 Å². The van der Waals surface area contributed by atoms with Gasteiger partial charge in [-0.3, -0.25) is 0 Å². The SMILES string of the molecule is CC1(C)O[C@H]2[C@@H](O1)[C@@H](COc1nc(NCCCn3ccnc3)nc(NCC3CCCO3)n1)O[C@@H]1OC(C)(C)O[C@@H]12. The predicted molar refractivity (Wildman–Crippen MR) is 141 cm³/mol. The van der Waals surface area contributed by atoms with Crippen LogP contribution >= 0.6 is 0 Å².